The van der Waals surface area contributed by atoms with Crippen LogP contribution >= 0.6 is 0 Å². The van der Waals surface area contributed by atoms with Gasteiger partial charge in [-0.25, -0.2) is 18.2 Å². The topological polar surface area (TPSA) is 84.3 Å². The lowest BCUT2D eigenvalue weighted by atomic mass is 10.3. The van der Waals surface area contributed by atoms with Crippen molar-refractivity contribution in [3.63, 3.8) is 0 Å². The van der Waals surface area contributed by atoms with Crippen molar-refractivity contribution in [2.24, 2.45) is 0 Å². The molecule has 1 aromatic rings. The second-order valence-corrected chi connectivity index (χ2v) is 7.61. The van der Waals surface area contributed by atoms with Crippen LogP contribution in [0, 0.1) is 0 Å². The number of anilines is 1. The van der Waals surface area contributed by atoms with Gasteiger partial charge in [-0.2, -0.15) is 4.31 Å². The minimum absolute atomic E-state index is 0.255. The minimum Gasteiger partial charge on any atom is -0.450 e. The number of nitrogens with one attached hydrogen (secondary N) is 1. The van der Waals surface area contributed by atoms with Crippen LogP contribution in [0.1, 0.15) is 20.8 Å². The average molecular weight is 371 g/mol. The molecule has 0 unspecified atom stereocenters. The number of piperazine rings is 1. The van der Waals surface area contributed by atoms with E-state index in [2.05, 4.69) is 9.88 Å². The number of rotatable bonds is 6. The third kappa shape index (κ3) is 4.40. The molecule has 1 aromatic heterocycles. The monoisotopic (exact) mass is 371 g/mol. The molecule has 0 atom stereocenters. The maximum atomic E-state index is 12.5. The summed E-state index contributed by atoms with van der Waals surface area (Å²) in [7, 11) is -3.46. The number of H-pyrrole nitrogens is 1. The van der Waals surface area contributed by atoms with Gasteiger partial charge >= 0.3 is 6.09 Å². The highest BCUT2D eigenvalue weighted by molar-refractivity contribution is 7.89. The van der Waals surface area contributed by atoms with Crippen LogP contribution in [0.25, 0.3) is 0 Å². The first kappa shape index (κ1) is 19.5. The highest BCUT2D eigenvalue weighted by Crippen LogP contribution is 2.17. The second-order valence-electron chi connectivity index (χ2n) is 5.67. The number of hydrogen-bond acceptors (Lipinski definition) is 5. The van der Waals surface area contributed by atoms with Gasteiger partial charge in [-0.1, -0.05) is 13.8 Å². The highest BCUT2D eigenvalue weighted by atomic mass is 32.2. The molecule has 0 bridgehead atoms. The Balaban J connectivity index is 2.03. The molecule has 9 heteroatoms. The van der Waals surface area contributed by atoms with E-state index >= 15 is 0 Å². The molecule has 2 heterocycles. The summed E-state index contributed by atoms with van der Waals surface area (Å²) in [6, 6.07) is 3.40. The largest absolute Gasteiger partial charge is 0.450 e. The maximum Gasteiger partial charge on any atom is 0.410 e. The lowest BCUT2D eigenvalue weighted by Crippen LogP contribution is -2.50. The third-order valence-corrected chi connectivity index (χ3v) is 6.30. The van der Waals surface area contributed by atoms with Crippen LogP contribution in [0.2, 0.25) is 0 Å². The fraction of sp³-hybridized carbons (Fsp3) is 0.625. The number of carbonyl (C=O) groups excluding carboxylic acids is 1. The lowest BCUT2D eigenvalue weighted by molar-refractivity contribution is -0.367. The number of nitrogens with zero attached hydrogens (tertiary/aromatic N) is 3. The molecule has 140 valence electrons. The summed E-state index contributed by atoms with van der Waals surface area (Å²) in [5.41, 5.74) is 0. The Kier molecular flexibility index (Phi) is 6.60. The molecule has 0 spiro atoms. The van der Waals surface area contributed by atoms with E-state index in [9.17, 15) is 13.2 Å². The van der Waals surface area contributed by atoms with E-state index in [1.165, 1.54) is 10.5 Å². The zero-order valence-electron chi connectivity index (χ0n) is 15.1. The number of aromatic amines is 1. The number of sulfonamides is 1. The second kappa shape index (κ2) is 8.48. The van der Waals surface area contributed by atoms with E-state index < -0.39 is 10.0 Å². The summed E-state index contributed by atoms with van der Waals surface area (Å²) in [5.74, 6) is 0.835. The summed E-state index contributed by atoms with van der Waals surface area (Å²) in [6.07, 6.45) is 1.24. The van der Waals surface area contributed by atoms with Gasteiger partial charge < -0.3 is 9.64 Å². The summed E-state index contributed by atoms with van der Waals surface area (Å²) >= 11 is 0. The molecule has 0 saturated carbocycles. The smallest absolute Gasteiger partial charge is 0.410 e. The molecule has 0 aromatic carbocycles. The van der Waals surface area contributed by atoms with E-state index in [0.717, 1.165) is 5.82 Å². The molecule has 1 fully saturated rings. The SMILES string of the molecule is CCOC(=O)N1CCN(c2ccc(S(=O)(=O)N(CC)CC)c[nH+]2)CC1. The standard InChI is InChI=1S/C16H26N4O4S/c1-4-20(5-2)25(22,23)14-7-8-15(17-13-14)18-9-11-19(12-10-18)16(21)24-6-3/h7-8,13H,4-6,9-12H2,1-3H3/p+1. The van der Waals surface area contributed by atoms with Crippen LogP contribution in [0.3, 0.4) is 0 Å². The van der Waals surface area contributed by atoms with Gasteiger partial charge in [-0.05, 0) is 13.0 Å². The molecule has 8 nitrogen and oxygen atoms in total. The van der Waals surface area contributed by atoms with Crippen LogP contribution in [0.4, 0.5) is 10.6 Å². The highest BCUT2D eigenvalue weighted by Gasteiger charge is 2.28. The Morgan fingerprint density at radius 1 is 1.16 bits per heavy atom. The van der Waals surface area contributed by atoms with E-state index in [4.69, 9.17) is 4.74 Å². The fourth-order valence-corrected chi connectivity index (χ4v) is 4.24. The van der Waals surface area contributed by atoms with E-state index in [0.29, 0.717) is 45.9 Å². The minimum atomic E-state index is -3.46. The van der Waals surface area contributed by atoms with Gasteiger partial charge in [-0.15, -0.1) is 0 Å². The van der Waals surface area contributed by atoms with Gasteiger partial charge in [0.2, 0.25) is 10.0 Å². The lowest BCUT2D eigenvalue weighted by Gasteiger charge is -2.30. The van der Waals surface area contributed by atoms with Crippen molar-refractivity contribution in [2.45, 2.75) is 25.7 Å². The Bertz CT molecular complexity index is 666. The van der Waals surface area contributed by atoms with Gasteiger partial charge in [0.15, 0.2) is 0 Å². The average Bonchev–Trinajstić information content (AvgIpc) is 2.63. The quantitative estimate of drug-likeness (QED) is 0.739. The van der Waals surface area contributed by atoms with Gasteiger partial charge in [0.1, 0.15) is 24.2 Å². The van der Waals surface area contributed by atoms with Gasteiger partial charge in [-0.3, -0.25) is 4.90 Å². The predicted molar refractivity (Wildman–Crippen MR) is 93.9 cm³/mol. The molecule has 1 N–H and O–H groups in total. The Morgan fingerprint density at radius 2 is 1.80 bits per heavy atom. The summed E-state index contributed by atoms with van der Waals surface area (Å²) in [6.45, 7) is 9.16. The maximum absolute atomic E-state index is 12.5. The zero-order valence-corrected chi connectivity index (χ0v) is 15.9. The van der Waals surface area contributed by atoms with Crippen LogP contribution in [0.5, 0.6) is 0 Å². The van der Waals surface area contributed by atoms with Crippen molar-refractivity contribution in [1.29, 1.82) is 0 Å². The first-order valence-corrected chi connectivity index (χ1v) is 10.1. The van der Waals surface area contributed by atoms with Crippen molar-refractivity contribution >= 4 is 21.9 Å². The van der Waals surface area contributed by atoms with Gasteiger partial charge in [0.25, 0.3) is 5.82 Å². The van der Waals surface area contributed by atoms with Crippen LogP contribution in [-0.2, 0) is 14.8 Å². The number of aromatic nitrogens is 1. The third-order valence-electron chi connectivity index (χ3n) is 4.26. The van der Waals surface area contributed by atoms with Crippen LogP contribution in [-0.4, -0.2) is 69.6 Å². The molecule has 1 aliphatic heterocycles. The zero-order chi connectivity index (χ0) is 18.4. The number of amides is 1. The molecule has 1 amide bonds. The molecule has 1 saturated heterocycles. The summed E-state index contributed by atoms with van der Waals surface area (Å²) < 4.78 is 31.4. The van der Waals surface area contributed by atoms with Crippen LogP contribution < -0.4 is 9.88 Å². The molecular formula is C16H27N4O4S+. The van der Waals surface area contributed by atoms with Crippen molar-refractivity contribution in [2.75, 3.05) is 50.8 Å². The molecule has 0 aliphatic carbocycles. The van der Waals surface area contributed by atoms with Crippen molar-refractivity contribution in [3.05, 3.63) is 18.3 Å². The Labute approximate surface area is 149 Å². The molecule has 0 radical (unpaired) electrons. The number of pyridine rings is 1. The number of carbonyl (C=O) groups is 1. The van der Waals surface area contributed by atoms with Gasteiger partial charge in [0.05, 0.1) is 19.7 Å². The summed E-state index contributed by atoms with van der Waals surface area (Å²) in [4.78, 5) is 18.8. The van der Waals surface area contributed by atoms with Crippen molar-refractivity contribution in [3.8, 4) is 0 Å². The summed E-state index contributed by atoms with van der Waals surface area (Å²) in [5, 5.41) is 0. The first-order chi connectivity index (χ1) is 11.9. The predicted octanol–water partition coefficient (Wildman–Crippen LogP) is 0.810. The Hall–Kier alpha value is -1.87. The van der Waals surface area contributed by atoms with E-state index in [1.54, 1.807) is 24.0 Å². The van der Waals surface area contributed by atoms with E-state index in [-0.39, 0.29) is 11.0 Å². The van der Waals surface area contributed by atoms with Crippen molar-refractivity contribution in [1.82, 2.24) is 9.21 Å². The first-order valence-electron chi connectivity index (χ1n) is 8.62. The fourth-order valence-electron chi connectivity index (χ4n) is 2.82. The van der Waals surface area contributed by atoms with Gasteiger partial charge in [0, 0.05) is 19.2 Å². The van der Waals surface area contributed by atoms with Crippen LogP contribution in [0.15, 0.2) is 23.2 Å². The number of ether oxygens (including phenoxy) is 1. The van der Waals surface area contributed by atoms with Crippen molar-refractivity contribution < 1.29 is 22.9 Å². The molecular weight excluding hydrogens is 344 g/mol. The molecule has 1 aliphatic rings. The number of hydrogen-bond donors (Lipinski definition) is 0. The van der Waals surface area contributed by atoms with E-state index in [1.807, 2.05) is 13.8 Å². The molecule has 2 rings (SSSR count). The Morgan fingerprint density at radius 3 is 2.28 bits per heavy atom. The normalized spacial score (nSPS) is 15.5. The molecule has 25 heavy (non-hydrogen) atoms.